The summed E-state index contributed by atoms with van der Waals surface area (Å²) in [5, 5.41) is 10.8. The van der Waals surface area contributed by atoms with E-state index in [1.165, 1.54) is 0 Å². The summed E-state index contributed by atoms with van der Waals surface area (Å²) in [5.74, 6) is 1.45. The van der Waals surface area contributed by atoms with Crippen LogP contribution < -0.4 is 0 Å². The normalized spacial score (nSPS) is 35.4. The molecule has 1 aromatic carbocycles. The number of benzene rings is 1. The Morgan fingerprint density at radius 1 is 1.26 bits per heavy atom. The molecule has 0 aliphatic carbocycles. The Kier molecular flexibility index (Phi) is 6.01. The molecule has 0 spiro atoms. The van der Waals surface area contributed by atoms with Crippen LogP contribution >= 0.6 is 23.5 Å². The molecule has 0 saturated carbocycles. The van der Waals surface area contributed by atoms with Crippen molar-refractivity contribution < 1.29 is 28.8 Å². The van der Waals surface area contributed by atoms with Gasteiger partial charge in [0.15, 0.2) is 10.4 Å². The molecule has 148 valence electrons. The highest BCUT2D eigenvalue weighted by Crippen LogP contribution is 2.51. The molecule has 3 aliphatic rings. The van der Waals surface area contributed by atoms with Gasteiger partial charge in [0.2, 0.25) is 0 Å². The molecule has 1 aromatic rings. The first kappa shape index (κ1) is 19.5. The Hall–Kier alpha value is -0.770. The average molecular weight is 413 g/mol. The van der Waals surface area contributed by atoms with Crippen LogP contribution in [-0.4, -0.2) is 64.3 Å². The zero-order valence-corrected chi connectivity index (χ0v) is 16.7. The van der Waals surface area contributed by atoms with Gasteiger partial charge in [0.25, 0.3) is 0 Å². The molecule has 1 N–H and O–H groups in total. The van der Waals surface area contributed by atoms with Crippen molar-refractivity contribution in [3.8, 4) is 0 Å². The fourth-order valence-corrected chi connectivity index (χ4v) is 6.88. The number of aliphatic hydroxyl groups excluding tert-OH is 1. The second-order valence-electron chi connectivity index (χ2n) is 6.73. The molecule has 0 amide bonds. The van der Waals surface area contributed by atoms with Gasteiger partial charge in [0, 0.05) is 23.5 Å². The van der Waals surface area contributed by atoms with Crippen LogP contribution in [0.5, 0.6) is 0 Å². The molecule has 6 nitrogen and oxygen atoms in total. The molecule has 5 atom stereocenters. The van der Waals surface area contributed by atoms with Gasteiger partial charge in [-0.1, -0.05) is 30.3 Å². The summed E-state index contributed by atoms with van der Waals surface area (Å²) >= 11 is 3.11. The number of carbonyl (C=O) groups is 1. The third kappa shape index (κ3) is 3.75. The van der Waals surface area contributed by atoms with Crippen LogP contribution in [0.2, 0.25) is 0 Å². The monoisotopic (exact) mass is 412 g/mol. The Morgan fingerprint density at radius 2 is 2.00 bits per heavy atom. The summed E-state index contributed by atoms with van der Waals surface area (Å²) < 4.78 is 22.6. The third-order valence-electron chi connectivity index (χ3n) is 5.00. The lowest BCUT2D eigenvalue weighted by Gasteiger charge is -2.47. The summed E-state index contributed by atoms with van der Waals surface area (Å²) in [6.45, 7) is 2.44. The van der Waals surface area contributed by atoms with Gasteiger partial charge in [-0.05, 0) is 6.92 Å². The largest absolute Gasteiger partial charge is 0.464 e. The number of fused-ring (bicyclic) bond motifs is 1. The molecule has 27 heavy (non-hydrogen) atoms. The number of hydrogen-bond acceptors (Lipinski definition) is 8. The second kappa shape index (κ2) is 8.31. The highest BCUT2D eigenvalue weighted by atomic mass is 32.2. The van der Waals surface area contributed by atoms with E-state index in [9.17, 15) is 9.90 Å². The van der Waals surface area contributed by atoms with Gasteiger partial charge in [-0.15, -0.1) is 23.5 Å². The topological polar surface area (TPSA) is 74.2 Å². The minimum Gasteiger partial charge on any atom is -0.464 e. The van der Waals surface area contributed by atoms with E-state index >= 15 is 0 Å². The van der Waals surface area contributed by atoms with Crippen LogP contribution in [0.15, 0.2) is 30.3 Å². The number of carbonyl (C=O) groups excluding carboxylic acids is 1. The van der Waals surface area contributed by atoms with E-state index in [0.717, 1.165) is 17.1 Å². The molecular weight excluding hydrogens is 388 g/mol. The smallest absolute Gasteiger partial charge is 0.335 e. The quantitative estimate of drug-likeness (QED) is 0.756. The van der Waals surface area contributed by atoms with Crippen LogP contribution in [0.3, 0.4) is 0 Å². The number of esters is 1. The van der Waals surface area contributed by atoms with Crippen molar-refractivity contribution in [3.05, 3.63) is 35.9 Å². The zero-order valence-electron chi connectivity index (χ0n) is 15.1. The van der Waals surface area contributed by atoms with Gasteiger partial charge in [0.05, 0.1) is 25.4 Å². The Bertz CT molecular complexity index is 651. The first-order valence-corrected chi connectivity index (χ1v) is 11.2. The molecule has 3 saturated heterocycles. The highest BCUT2D eigenvalue weighted by molar-refractivity contribution is 8.22. The van der Waals surface area contributed by atoms with Crippen LogP contribution in [0, 0.1) is 0 Å². The summed E-state index contributed by atoms with van der Waals surface area (Å²) in [6.07, 6.45) is -2.23. The van der Waals surface area contributed by atoms with Crippen LogP contribution in [0.1, 0.15) is 25.2 Å². The lowest BCUT2D eigenvalue weighted by atomic mass is 9.95. The van der Waals surface area contributed by atoms with Crippen LogP contribution in [0.4, 0.5) is 0 Å². The molecule has 5 unspecified atom stereocenters. The molecule has 3 heterocycles. The lowest BCUT2D eigenvalue weighted by Crippen LogP contribution is -2.60. The predicted octanol–water partition coefficient (Wildman–Crippen LogP) is 2.36. The fourth-order valence-electron chi connectivity index (χ4n) is 3.75. The molecule has 3 aliphatic heterocycles. The number of thioether (sulfide) groups is 2. The molecule has 0 bridgehead atoms. The zero-order chi connectivity index (χ0) is 18.9. The van der Waals surface area contributed by atoms with Gasteiger partial charge < -0.3 is 24.1 Å². The first-order chi connectivity index (χ1) is 13.1. The number of hydrogen-bond donors (Lipinski definition) is 1. The molecule has 3 fully saturated rings. The predicted molar refractivity (Wildman–Crippen MR) is 104 cm³/mol. The second-order valence-corrected chi connectivity index (χ2v) is 9.67. The number of aliphatic hydroxyl groups is 1. The molecule has 4 rings (SSSR count). The van der Waals surface area contributed by atoms with Crippen molar-refractivity contribution in [1.29, 1.82) is 0 Å². The number of ether oxygens (including phenoxy) is 4. The Balaban J connectivity index is 1.48. The summed E-state index contributed by atoms with van der Waals surface area (Å²) in [6, 6.07) is 9.66. The van der Waals surface area contributed by atoms with Crippen molar-refractivity contribution >= 4 is 29.5 Å². The van der Waals surface area contributed by atoms with Crippen molar-refractivity contribution in [1.82, 2.24) is 0 Å². The van der Waals surface area contributed by atoms with Crippen LogP contribution in [-0.2, 0) is 23.7 Å². The van der Waals surface area contributed by atoms with Gasteiger partial charge in [-0.2, -0.15) is 0 Å². The Labute approximate surface area is 167 Å². The molecule has 8 heteroatoms. The van der Waals surface area contributed by atoms with E-state index in [4.69, 9.17) is 18.9 Å². The minimum absolute atomic E-state index is 0.270. The van der Waals surface area contributed by atoms with Crippen molar-refractivity contribution in [2.24, 2.45) is 0 Å². The van der Waals surface area contributed by atoms with Crippen LogP contribution in [0.25, 0.3) is 0 Å². The van der Waals surface area contributed by atoms with E-state index in [1.54, 1.807) is 30.4 Å². The van der Waals surface area contributed by atoms with Crippen molar-refractivity contribution in [2.45, 2.75) is 48.1 Å². The average Bonchev–Trinajstić information content (AvgIpc) is 3.20. The van der Waals surface area contributed by atoms with Gasteiger partial charge in [-0.25, -0.2) is 4.79 Å². The van der Waals surface area contributed by atoms with E-state index in [-0.39, 0.29) is 5.97 Å². The van der Waals surface area contributed by atoms with Gasteiger partial charge in [-0.3, -0.25) is 0 Å². The van der Waals surface area contributed by atoms with E-state index in [0.29, 0.717) is 19.6 Å². The number of rotatable bonds is 4. The molecular formula is C19H24O6S2. The standard InChI is InChI=1S/C19H24O6S2/c1-2-22-18(21)19(26-8-9-27-19)15-10-13(20)16-14(24-15)11-23-17(25-16)12-6-4-3-5-7-12/h3-7,13-17,20H,2,8-11H2,1H3. The fraction of sp³-hybridized carbons (Fsp3) is 0.632. The summed E-state index contributed by atoms with van der Waals surface area (Å²) in [7, 11) is 0. The minimum atomic E-state index is -0.821. The lowest BCUT2D eigenvalue weighted by molar-refractivity contribution is -0.310. The maximum atomic E-state index is 12.7. The maximum absolute atomic E-state index is 12.7. The summed E-state index contributed by atoms with van der Waals surface area (Å²) in [4.78, 5) is 12.7. The van der Waals surface area contributed by atoms with Crippen molar-refractivity contribution in [3.63, 3.8) is 0 Å². The van der Waals surface area contributed by atoms with E-state index in [2.05, 4.69) is 0 Å². The summed E-state index contributed by atoms with van der Waals surface area (Å²) in [5.41, 5.74) is 0.912. The van der Waals surface area contributed by atoms with Gasteiger partial charge >= 0.3 is 5.97 Å². The SMILES string of the molecule is CCOC(=O)C1(C2CC(O)C3OC(c4ccccc4)OCC3O2)SCCS1. The Morgan fingerprint density at radius 3 is 2.70 bits per heavy atom. The molecule has 0 radical (unpaired) electrons. The van der Waals surface area contributed by atoms with Gasteiger partial charge in [0.1, 0.15) is 12.2 Å². The third-order valence-corrected chi connectivity index (χ3v) is 8.50. The highest BCUT2D eigenvalue weighted by Gasteiger charge is 2.57. The first-order valence-electron chi connectivity index (χ1n) is 9.24. The van der Waals surface area contributed by atoms with E-state index in [1.807, 2.05) is 30.3 Å². The molecule has 0 aromatic heterocycles. The maximum Gasteiger partial charge on any atom is 0.335 e. The van der Waals surface area contributed by atoms with Crippen molar-refractivity contribution in [2.75, 3.05) is 24.7 Å². The van der Waals surface area contributed by atoms with E-state index < -0.39 is 34.8 Å².